The molecule has 0 unspecified atom stereocenters. The highest BCUT2D eigenvalue weighted by molar-refractivity contribution is 6.22. The number of methoxy groups -OCH3 is 2. The van der Waals surface area contributed by atoms with Crippen molar-refractivity contribution < 1.29 is 36.9 Å². The number of alkyl halides is 2. The smallest absolute Gasteiger partial charge is 0.303 e. The first-order chi connectivity index (χ1) is 24.6. The number of allylic oxidation sites excluding steroid dienone is 2. The van der Waals surface area contributed by atoms with Crippen LogP contribution >= 0.6 is 0 Å². The second kappa shape index (κ2) is 16.8. The fourth-order valence-electron chi connectivity index (χ4n) is 6.47. The van der Waals surface area contributed by atoms with Gasteiger partial charge in [0.1, 0.15) is 23.1 Å². The van der Waals surface area contributed by atoms with Crippen LogP contribution in [0.1, 0.15) is 55.4 Å². The molecule has 0 spiro atoms. The zero-order chi connectivity index (χ0) is 38.3. The van der Waals surface area contributed by atoms with Crippen LogP contribution in [-0.2, 0) is 17.8 Å². The summed E-state index contributed by atoms with van der Waals surface area (Å²) in [4.78, 5) is 13.1. The van der Waals surface area contributed by atoms with E-state index in [2.05, 4.69) is 6.58 Å². The number of nitrogens with one attached hydrogen (secondary N) is 1. The number of carbonyl (C=O) groups is 1. The van der Waals surface area contributed by atoms with Gasteiger partial charge in [-0.1, -0.05) is 49.0 Å². The number of halogens is 4. The molecule has 4 aromatic carbocycles. The summed E-state index contributed by atoms with van der Waals surface area (Å²) < 4.78 is 66.5. The lowest BCUT2D eigenvalue weighted by Crippen LogP contribution is -2.38. The van der Waals surface area contributed by atoms with Crippen molar-refractivity contribution in [1.82, 2.24) is 4.90 Å². The second-order valence-corrected chi connectivity index (χ2v) is 12.7. The van der Waals surface area contributed by atoms with E-state index >= 15 is 0 Å². The predicted molar refractivity (Wildman–Crippen MR) is 198 cm³/mol. The van der Waals surface area contributed by atoms with Crippen molar-refractivity contribution in [2.24, 2.45) is 11.5 Å². The molecule has 4 aromatic rings. The SMILES string of the molecule is C=C(N)c1c(F)ccc(/C(C(C)=N)=C(\C)N)c1F.COc1ccc(CN2CCC(F)(F)CC2)c(OC)c1-c1cccc2c(CCC(=O)O)cccc12. The van der Waals surface area contributed by atoms with E-state index in [1.807, 2.05) is 53.4 Å². The summed E-state index contributed by atoms with van der Waals surface area (Å²) >= 11 is 0. The number of aryl methyl sites for hydroxylation is 1. The number of likely N-dealkylation sites (tertiary alicyclic amines) is 1. The van der Waals surface area contributed by atoms with Crippen LogP contribution in [0.2, 0.25) is 0 Å². The summed E-state index contributed by atoms with van der Waals surface area (Å²) in [6.07, 6.45) is 0.214. The molecular weight excluding hydrogens is 676 g/mol. The number of carboxylic acid groups (broad SMARTS) is 1. The van der Waals surface area contributed by atoms with Crippen molar-refractivity contribution in [2.45, 2.75) is 52.0 Å². The minimum Gasteiger partial charge on any atom is -0.496 e. The predicted octanol–water partition coefficient (Wildman–Crippen LogP) is 8.40. The summed E-state index contributed by atoms with van der Waals surface area (Å²) in [5.74, 6) is -3.77. The van der Waals surface area contributed by atoms with Gasteiger partial charge >= 0.3 is 5.97 Å². The van der Waals surface area contributed by atoms with E-state index in [0.29, 0.717) is 37.6 Å². The van der Waals surface area contributed by atoms with Gasteiger partial charge in [0, 0.05) is 72.7 Å². The molecule has 12 heteroatoms. The largest absolute Gasteiger partial charge is 0.496 e. The standard InChI is InChI=1S/C27H29F2NO4.C13H15F2N3/c1-33-23-11-9-19(17-30-15-13-27(28,29)14-16-30)26(34-2)25(23)22-8-4-6-20-18(10-12-24(31)32)5-3-7-21(20)22;1-6(16)11(7(2)17)9-4-5-10(14)12(8(3)18)13(9)15/h3-9,11H,10,12-17H2,1-2H3,(H,31,32);4-5,16H,3,17-18H2,1-2H3/b;11-7+,16-6?. The summed E-state index contributed by atoms with van der Waals surface area (Å²) in [7, 11) is 3.21. The number of hydrogen-bond donors (Lipinski definition) is 4. The van der Waals surface area contributed by atoms with Crippen LogP contribution in [0.25, 0.3) is 33.2 Å². The average Bonchev–Trinajstić information content (AvgIpc) is 3.08. The van der Waals surface area contributed by atoms with Crippen molar-refractivity contribution in [3.05, 3.63) is 107 Å². The molecule has 0 aromatic heterocycles. The maximum absolute atomic E-state index is 14.2. The van der Waals surface area contributed by atoms with Gasteiger partial charge in [0.05, 0.1) is 25.3 Å². The first-order valence-corrected chi connectivity index (χ1v) is 16.6. The molecule has 52 heavy (non-hydrogen) atoms. The molecule has 1 saturated heterocycles. The van der Waals surface area contributed by atoms with Gasteiger partial charge in [0.2, 0.25) is 0 Å². The zero-order valence-electron chi connectivity index (χ0n) is 29.7. The van der Waals surface area contributed by atoms with Crippen LogP contribution in [0.3, 0.4) is 0 Å². The number of rotatable bonds is 11. The number of carboxylic acids is 1. The Bertz CT molecular complexity index is 2010. The Morgan fingerprint density at radius 1 is 0.942 bits per heavy atom. The molecule has 0 radical (unpaired) electrons. The van der Waals surface area contributed by atoms with Crippen LogP contribution in [-0.4, -0.2) is 54.9 Å². The zero-order valence-corrected chi connectivity index (χ0v) is 29.7. The summed E-state index contributed by atoms with van der Waals surface area (Å²) in [5.41, 5.74) is 14.6. The number of nitrogens with zero attached hydrogens (tertiary/aromatic N) is 1. The minimum absolute atomic E-state index is 0.0468. The Morgan fingerprint density at radius 3 is 2.17 bits per heavy atom. The Morgan fingerprint density at radius 2 is 1.60 bits per heavy atom. The molecule has 276 valence electrons. The van der Waals surface area contributed by atoms with Gasteiger partial charge in [-0.05, 0) is 60.4 Å². The van der Waals surface area contributed by atoms with Crippen LogP contribution < -0.4 is 20.9 Å². The number of benzene rings is 4. The van der Waals surface area contributed by atoms with Crippen LogP contribution in [0.5, 0.6) is 11.5 Å². The third-order valence-corrected chi connectivity index (χ3v) is 8.95. The third-order valence-electron chi connectivity index (χ3n) is 8.95. The lowest BCUT2D eigenvalue weighted by molar-refractivity contribution is -0.136. The molecule has 1 aliphatic heterocycles. The molecule has 0 saturated carbocycles. The average molecular weight is 721 g/mol. The molecule has 1 fully saturated rings. The van der Waals surface area contributed by atoms with E-state index in [4.69, 9.17) is 31.5 Å². The van der Waals surface area contributed by atoms with Gasteiger partial charge in [0.15, 0.2) is 0 Å². The van der Waals surface area contributed by atoms with E-state index in [-0.39, 0.29) is 53.1 Å². The number of nitrogens with two attached hydrogens (primary N) is 2. The van der Waals surface area contributed by atoms with Gasteiger partial charge in [0.25, 0.3) is 5.92 Å². The highest BCUT2D eigenvalue weighted by Gasteiger charge is 2.34. The number of piperidine rings is 1. The van der Waals surface area contributed by atoms with E-state index in [1.54, 1.807) is 21.1 Å². The summed E-state index contributed by atoms with van der Waals surface area (Å²) in [6.45, 7) is 7.53. The Kier molecular flexibility index (Phi) is 12.7. The van der Waals surface area contributed by atoms with Gasteiger partial charge in [-0.3, -0.25) is 9.69 Å². The molecular formula is C40H44F4N4O4. The van der Waals surface area contributed by atoms with Crippen LogP contribution in [0.15, 0.2) is 72.9 Å². The molecule has 1 aliphatic rings. The number of hydrogen-bond acceptors (Lipinski definition) is 7. The fraction of sp³-hybridized carbons (Fsp3) is 0.300. The number of ether oxygens (including phenoxy) is 2. The topological polar surface area (TPSA) is 135 Å². The third kappa shape index (κ3) is 8.92. The molecule has 0 amide bonds. The number of fused-ring (bicyclic) bond motifs is 1. The first-order valence-electron chi connectivity index (χ1n) is 16.6. The van der Waals surface area contributed by atoms with Gasteiger partial charge < -0.3 is 31.5 Å². The van der Waals surface area contributed by atoms with Gasteiger partial charge in [-0.15, -0.1) is 0 Å². The molecule has 6 N–H and O–H groups in total. The lowest BCUT2D eigenvalue weighted by Gasteiger charge is -2.32. The van der Waals surface area contributed by atoms with E-state index in [1.165, 1.54) is 13.0 Å². The summed E-state index contributed by atoms with van der Waals surface area (Å²) in [6, 6.07) is 18.0. The maximum atomic E-state index is 14.2. The minimum atomic E-state index is -2.59. The molecule has 1 heterocycles. The second-order valence-electron chi connectivity index (χ2n) is 12.7. The van der Waals surface area contributed by atoms with Crippen molar-refractivity contribution in [1.29, 1.82) is 5.41 Å². The maximum Gasteiger partial charge on any atom is 0.303 e. The Labute approximate surface area is 300 Å². The van der Waals surface area contributed by atoms with Crippen LogP contribution in [0, 0.1) is 17.0 Å². The Balaban J connectivity index is 0.000000284. The summed E-state index contributed by atoms with van der Waals surface area (Å²) in [5, 5.41) is 18.7. The van der Waals surface area contributed by atoms with E-state index < -0.39 is 23.5 Å². The molecule has 0 bridgehead atoms. The molecule has 0 aliphatic carbocycles. The van der Waals surface area contributed by atoms with Crippen molar-refractivity contribution in [3.63, 3.8) is 0 Å². The fourth-order valence-corrected chi connectivity index (χ4v) is 6.47. The Hall–Kier alpha value is -5.36. The van der Waals surface area contributed by atoms with Crippen molar-refractivity contribution in [2.75, 3.05) is 27.3 Å². The molecule has 0 atom stereocenters. The van der Waals surface area contributed by atoms with Crippen molar-refractivity contribution in [3.8, 4) is 22.6 Å². The first kappa shape index (κ1) is 39.4. The molecule has 8 nitrogen and oxygen atoms in total. The van der Waals surface area contributed by atoms with Gasteiger partial charge in [-0.25, -0.2) is 17.6 Å². The quantitative estimate of drug-likeness (QED) is 0.0903. The lowest BCUT2D eigenvalue weighted by atomic mass is 9.92. The van der Waals surface area contributed by atoms with E-state index in [0.717, 1.165) is 39.1 Å². The monoisotopic (exact) mass is 720 g/mol. The highest BCUT2D eigenvalue weighted by atomic mass is 19.3. The van der Waals surface area contributed by atoms with Crippen LogP contribution in [0.4, 0.5) is 17.6 Å². The highest BCUT2D eigenvalue weighted by Crippen LogP contribution is 2.45. The van der Waals surface area contributed by atoms with Crippen molar-refractivity contribution >= 4 is 33.7 Å². The van der Waals surface area contributed by atoms with Gasteiger partial charge in [-0.2, -0.15) is 0 Å². The number of aliphatic carboxylic acids is 1. The normalized spacial score (nSPS) is 14.5. The molecule has 5 rings (SSSR count). The van der Waals surface area contributed by atoms with E-state index in [9.17, 15) is 22.4 Å².